The third-order valence-electron chi connectivity index (χ3n) is 2.21. The minimum atomic E-state index is 0.142. The van der Waals surface area contributed by atoms with Crippen molar-refractivity contribution in [2.45, 2.75) is 19.8 Å². The van der Waals surface area contributed by atoms with E-state index in [9.17, 15) is 4.79 Å². The Bertz CT molecular complexity index is 340. The lowest BCUT2D eigenvalue weighted by Gasteiger charge is -2.20. The average Bonchev–Trinajstić information content (AvgIpc) is 2.70. The normalized spacial score (nSPS) is 10.4. The van der Waals surface area contributed by atoms with Crippen LogP contribution in [-0.4, -0.2) is 29.2 Å². The van der Waals surface area contributed by atoms with E-state index in [-0.39, 0.29) is 5.91 Å². The molecule has 0 aliphatic rings. The molecule has 1 heterocycles. The summed E-state index contributed by atoms with van der Waals surface area (Å²) in [6.45, 7) is 3.75. The number of carbonyl (C=O) groups is 1. The van der Waals surface area contributed by atoms with E-state index >= 15 is 0 Å². The Hall–Kier alpha value is 0.130. The van der Waals surface area contributed by atoms with Gasteiger partial charge in [0, 0.05) is 18.4 Å². The van der Waals surface area contributed by atoms with E-state index in [2.05, 4.69) is 38.8 Å². The number of halogens is 2. The first-order valence-electron chi connectivity index (χ1n) is 5.29. The number of carbonyl (C=O) groups excluding carboxylic acids is 1. The number of hydrogen-bond donors (Lipinski definition) is 0. The first-order valence-corrected chi connectivity index (χ1v) is 8.02. The van der Waals surface area contributed by atoms with Crippen LogP contribution in [0.3, 0.4) is 0 Å². The maximum Gasteiger partial charge on any atom is 0.263 e. The summed E-state index contributed by atoms with van der Waals surface area (Å²) in [6.07, 6.45) is 2.17. The Morgan fingerprint density at radius 2 is 2.19 bits per heavy atom. The fourth-order valence-corrected chi connectivity index (χ4v) is 3.13. The lowest BCUT2D eigenvalue weighted by molar-refractivity contribution is 0.0769. The second-order valence-electron chi connectivity index (χ2n) is 3.44. The van der Waals surface area contributed by atoms with E-state index in [1.54, 1.807) is 0 Å². The lowest BCUT2D eigenvalue weighted by Crippen LogP contribution is -2.33. The van der Waals surface area contributed by atoms with Gasteiger partial charge in [-0.2, -0.15) is 0 Å². The Balaban J connectivity index is 2.66. The topological polar surface area (TPSA) is 20.3 Å². The van der Waals surface area contributed by atoms with Gasteiger partial charge < -0.3 is 4.90 Å². The molecule has 0 N–H and O–H groups in total. The maximum absolute atomic E-state index is 12.1. The maximum atomic E-state index is 12.1. The minimum Gasteiger partial charge on any atom is -0.337 e. The van der Waals surface area contributed by atoms with Gasteiger partial charge >= 0.3 is 0 Å². The SMILES string of the molecule is CCCCN(CCBr)C(=O)c1ccc(Br)s1. The van der Waals surface area contributed by atoms with E-state index in [4.69, 9.17) is 0 Å². The molecule has 2 nitrogen and oxygen atoms in total. The molecular weight excluding hydrogens is 354 g/mol. The summed E-state index contributed by atoms with van der Waals surface area (Å²) in [7, 11) is 0. The summed E-state index contributed by atoms with van der Waals surface area (Å²) in [5.41, 5.74) is 0. The van der Waals surface area contributed by atoms with Crippen LogP contribution >= 0.6 is 43.2 Å². The van der Waals surface area contributed by atoms with Crippen LogP contribution in [0.2, 0.25) is 0 Å². The zero-order chi connectivity index (χ0) is 12.0. The number of hydrogen-bond acceptors (Lipinski definition) is 2. The van der Waals surface area contributed by atoms with Crippen LogP contribution in [0.15, 0.2) is 15.9 Å². The molecule has 0 fully saturated rings. The minimum absolute atomic E-state index is 0.142. The highest BCUT2D eigenvalue weighted by molar-refractivity contribution is 9.11. The number of unbranched alkanes of at least 4 members (excludes halogenated alkanes) is 1. The number of alkyl halides is 1. The molecule has 0 aliphatic carbocycles. The Morgan fingerprint density at radius 1 is 1.44 bits per heavy atom. The average molecular weight is 369 g/mol. The van der Waals surface area contributed by atoms with Gasteiger partial charge in [0.05, 0.1) is 8.66 Å². The van der Waals surface area contributed by atoms with Crippen LogP contribution in [-0.2, 0) is 0 Å². The number of thiophene rings is 1. The molecule has 0 aromatic carbocycles. The predicted molar refractivity (Wildman–Crippen MR) is 76.6 cm³/mol. The highest BCUT2D eigenvalue weighted by Gasteiger charge is 2.16. The molecule has 16 heavy (non-hydrogen) atoms. The van der Waals surface area contributed by atoms with Crippen LogP contribution in [0, 0.1) is 0 Å². The summed E-state index contributed by atoms with van der Waals surface area (Å²) < 4.78 is 1.00. The first-order chi connectivity index (χ1) is 7.69. The largest absolute Gasteiger partial charge is 0.337 e. The fourth-order valence-electron chi connectivity index (χ4n) is 1.35. The molecule has 0 atom stereocenters. The van der Waals surface area contributed by atoms with E-state index < -0.39 is 0 Å². The van der Waals surface area contributed by atoms with Crippen LogP contribution in [0.25, 0.3) is 0 Å². The van der Waals surface area contributed by atoms with Crippen molar-refractivity contribution in [1.29, 1.82) is 0 Å². The van der Waals surface area contributed by atoms with Crippen LogP contribution in [0.5, 0.6) is 0 Å². The van der Waals surface area contributed by atoms with Crippen LogP contribution in [0.4, 0.5) is 0 Å². The van der Waals surface area contributed by atoms with Crippen molar-refractivity contribution in [3.05, 3.63) is 20.8 Å². The number of nitrogens with zero attached hydrogens (tertiary/aromatic N) is 1. The Morgan fingerprint density at radius 3 is 2.69 bits per heavy atom. The van der Waals surface area contributed by atoms with Crippen molar-refractivity contribution in [3.8, 4) is 0 Å². The molecule has 1 amide bonds. The monoisotopic (exact) mass is 367 g/mol. The molecule has 90 valence electrons. The third-order valence-corrected chi connectivity index (χ3v) is 4.17. The second kappa shape index (κ2) is 7.45. The third kappa shape index (κ3) is 4.18. The fraction of sp³-hybridized carbons (Fsp3) is 0.545. The molecule has 0 saturated heterocycles. The van der Waals surface area contributed by atoms with Crippen molar-refractivity contribution < 1.29 is 4.79 Å². The Kier molecular flexibility index (Phi) is 6.61. The molecule has 0 spiro atoms. The zero-order valence-electron chi connectivity index (χ0n) is 9.21. The summed E-state index contributed by atoms with van der Waals surface area (Å²) in [5, 5.41) is 0.828. The summed E-state index contributed by atoms with van der Waals surface area (Å²) in [5.74, 6) is 0.142. The van der Waals surface area contributed by atoms with E-state index in [1.807, 2.05) is 17.0 Å². The van der Waals surface area contributed by atoms with Crippen molar-refractivity contribution in [3.63, 3.8) is 0 Å². The highest BCUT2D eigenvalue weighted by Crippen LogP contribution is 2.23. The van der Waals surface area contributed by atoms with Crippen molar-refractivity contribution in [2.24, 2.45) is 0 Å². The lowest BCUT2D eigenvalue weighted by atomic mass is 10.3. The van der Waals surface area contributed by atoms with Crippen molar-refractivity contribution in [1.82, 2.24) is 4.90 Å². The summed E-state index contributed by atoms with van der Waals surface area (Å²) in [4.78, 5) is 14.9. The standard InChI is InChI=1S/C11H15Br2NOS/c1-2-3-7-14(8-6-12)11(15)9-4-5-10(13)16-9/h4-5H,2-3,6-8H2,1H3. The van der Waals surface area contributed by atoms with Gasteiger partial charge in [-0.15, -0.1) is 11.3 Å². The van der Waals surface area contributed by atoms with Gasteiger partial charge in [0.2, 0.25) is 0 Å². The highest BCUT2D eigenvalue weighted by atomic mass is 79.9. The quantitative estimate of drug-likeness (QED) is 0.690. The smallest absolute Gasteiger partial charge is 0.263 e. The van der Waals surface area contributed by atoms with E-state index in [0.29, 0.717) is 0 Å². The summed E-state index contributed by atoms with van der Waals surface area (Å²) in [6, 6.07) is 3.80. The van der Waals surface area contributed by atoms with Gasteiger partial charge in [0.25, 0.3) is 5.91 Å². The van der Waals surface area contributed by atoms with Gasteiger partial charge in [-0.25, -0.2) is 0 Å². The molecular formula is C11H15Br2NOS. The van der Waals surface area contributed by atoms with Crippen LogP contribution in [0.1, 0.15) is 29.4 Å². The summed E-state index contributed by atoms with van der Waals surface area (Å²) >= 11 is 8.26. The first kappa shape index (κ1) is 14.2. The number of amides is 1. The molecule has 1 aromatic heterocycles. The van der Waals surface area contributed by atoms with Gasteiger partial charge in [-0.1, -0.05) is 29.3 Å². The van der Waals surface area contributed by atoms with Crippen molar-refractivity contribution in [2.75, 3.05) is 18.4 Å². The second-order valence-corrected chi connectivity index (χ2v) is 6.69. The van der Waals surface area contributed by atoms with Crippen molar-refractivity contribution >= 4 is 49.1 Å². The molecule has 1 aromatic rings. The van der Waals surface area contributed by atoms with E-state index in [1.165, 1.54) is 11.3 Å². The molecule has 0 unspecified atom stereocenters. The zero-order valence-corrected chi connectivity index (χ0v) is 13.2. The molecule has 1 rings (SSSR count). The number of rotatable bonds is 6. The van der Waals surface area contributed by atoms with Gasteiger partial charge in [0.15, 0.2) is 0 Å². The van der Waals surface area contributed by atoms with Crippen LogP contribution < -0.4 is 0 Å². The van der Waals surface area contributed by atoms with E-state index in [0.717, 1.165) is 39.9 Å². The molecule has 5 heteroatoms. The molecule has 0 saturated carbocycles. The van der Waals surface area contributed by atoms with Gasteiger partial charge in [0.1, 0.15) is 0 Å². The molecule has 0 bridgehead atoms. The predicted octanol–water partition coefficient (Wildman–Crippen LogP) is 4.15. The molecule has 0 radical (unpaired) electrons. The van der Waals surface area contributed by atoms with Gasteiger partial charge in [-0.05, 0) is 34.5 Å². The molecule has 0 aliphatic heterocycles. The van der Waals surface area contributed by atoms with Gasteiger partial charge in [-0.3, -0.25) is 4.79 Å². The Labute approximate surface area is 117 Å².